The smallest absolute Gasteiger partial charge is 0.328 e. The molecule has 1 heterocycles. The normalized spacial score (nSPS) is 11.8. The lowest BCUT2D eigenvalue weighted by atomic mass is 9.96. The molecule has 4 aromatic rings. The number of pyridine rings is 1. The summed E-state index contributed by atoms with van der Waals surface area (Å²) in [7, 11) is 0. The van der Waals surface area contributed by atoms with E-state index in [4.69, 9.17) is 4.98 Å². The molecule has 27 heavy (non-hydrogen) atoms. The number of nitrogens with zero attached hydrogens (tertiary/aromatic N) is 1. The van der Waals surface area contributed by atoms with E-state index in [0.29, 0.717) is 12.8 Å². The van der Waals surface area contributed by atoms with Crippen LogP contribution in [0.1, 0.15) is 17.7 Å². The molecule has 0 atom stereocenters. The van der Waals surface area contributed by atoms with Crippen molar-refractivity contribution < 1.29 is 9.90 Å². The number of benzene rings is 3. The minimum absolute atomic E-state index is 0.621. The number of allylic oxidation sites excluding steroid dienone is 1. The SMILES string of the molecule is O=C(O)/C=C(\CCc1ccc2ccccc2n1)c1ccc2ccccc2c1. The second-order valence-electron chi connectivity index (χ2n) is 6.57. The van der Waals surface area contributed by atoms with Gasteiger partial charge in [0.2, 0.25) is 0 Å². The van der Waals surface area contributed by atoms with E-state index in [-0.39, 0.29) is 0 Å². The van der Waals surface area contributed by atoms with Crippen LogP contribution in [-0.2, 0) is 11.2 Å². The molecule has 3 heteroatoms. The molecule has 0 aliphatic rings. The molecule has 4 rings (SSSR count). The minimum atomic E-state index is -0.926. The maximum atomic E-state index is 11.3. The summed E-state index contributed by atoms with van der Waals surface area (Å²) in [6.07, 6.45) is 2.62. The Morgan fingerprint density at radius 2 is 1.56 bits per heavy atom. The van der Waals surface area contributed by atoms with E-state index in [1.54, 1.807) is 0 Å². The van der Waals surface area contributed by atoms with Gasteiger partial charge in [0.15, 0.2) is 0 Å². The van der Waals surface area contributed by atoms with Crippen LogP contribution in [0, 0.1) is 0 Å². The van der Waals surface area contributed by atoms with Crippen molar-refractivity contribution in [3.05, 3.63) is 96.2 Å². The molecule has 0 saturated carbocycles. The van der Waals surface area contributed by atoms with Crippen LogP contribution < -0.4 is 0 Å². The Bertz CT molecular complexity index is 1160. The summed E-state index contributed by atoms with van der Waals surface area (Å²) < 4.78 is 0. The molecule has 0 aliphatic carbocycles. The van der Waals surface area contributed by atoms with Gasteiger partial charge in [-0.25, -0.2) is 4.79 Å². The molecule has 0 saturated heterocycles. The molecule has 1 N–H and O–H groups in total. The minimum Gasteiger partial charge on any atom is -0.478 e. The topological polar surface area (TPSA) is 50.2 Å². The molecule has 0 unspecified atom stereocenters. The lowest BCUT2D eigenvalue weighted by molar-refractivity contribution is -0.131. The van der Waals surface area contributed by atoms with Crippen molar-refractivity contribution >= 4 is 33.2 Å². The van der Waals surface area contributed by atoms with Crippen LogP contribution in [0.15, 0.2) is 84.9 Å². The number of carbonyl (C=O) groups is 1. The van der Waals surface area contributed by atoms with Crippen molar-refractivity contribution in [2.24, 2.45) is 0 Å². The zero-order valence-electron chi connectivity index (χ0n) is 14.8. The fourth-order valence-electron chi connectivity index (χ4n) is 3.35. The summed E-state index contributed by atoms with van der Waals surface area (Å²) in [6, 6.07) is 26.3. The van der Waals surface area contributed by atoms with Crippen LogP contribution in [0.2, 0.25) is 0 Å². The second-order valence-corrected chi connectivity index (χ2v) is 6.57. The van der Waals surface area contributed by atoms with Crippen LogP contribution in [0.5, 0.6) is 0 Å². The number of aromatic nitrogens is 1. The third kappa shape index (κ3) is 3.87. The first-order chi connectivity index (χ1) is 13.2. The zero-order valence-corrected chi connectivity index (χ0v) is 14.8. The van der Waals surface area contributed by atoms with E-state index in [9.17, 15) is 9.90 Å². The number of hydrogen-bond acceptors (Lipinski definition) is 2. The molecule has 0 bridgehead atoms. The average molecular weight is 353 g/mol. The Labute approximate surface area is 157 Å². The van der Waals surface area contributed by atoms with Gasteiger partial charge < -0.3 is 5.11 Å². The van der Waals surface area contributed by atoms with Gasteiger partial charge in [0.05, 0.1) is 5.52 Å². The molecule has 0 radical (unpaired) electrons. The standard InChI is InChI=1S/C24H19NO2/c26-24(27)16-21(20-10-9-17-5-1-2-7-19(17)15-20)12-14-22-13-11-18-6-3-4-8-23(18)25-22/h1-11,13,15-16H,12,14H2,(H,26,27)/b21-16+. The molecule has 132 valence electrons. The molecular formula is C24H19NO2. The number of rotatable bonds is 5. The highest BCUT2D eigenvalue weighted by atomic mass is 16.4. The largest absolute Gasteiger partial charge is 0.478 e. The number of para-hydroxylation sites is 1. The van der Waals surface area contributed by atoms with Crippen LogP contribution in [0.4, 0.5) is 0 Å². The van der Waals surface area contributed by atoms with Crippen LogP contribution in [-0.4, -0.2) is 16.1 Å². The van der Waals surface area contributed by atoms with E-state index in [2.05, 4.69) is 18.2 Å². The van der Waals surface area contributed by atoms with Gasteiger partial charge in [-0.3, -0.25) is 4.98 Å². The number of carboxylic acids is 1. The van der Waals surface area contributed by atoms with E-state index in [1.807, 2.05) is 60.7 Å². The quantitative estimate of drug-likeness (QED) is 0.483. The number of aliphatic carboxylic acids is 1. The number of hydrogen-bond donors (Lipinski definition) is 1. The molecular weight excluding hydrogens is 334 g/mol. The van der Waals surface area contributed by atoms with E-state index in [0.717, 1.165) is 38.5 Å². The van der Waals surface area contributed by atoms with Gasteiger partial charge in [-0.1, -0.05) is 60.7 Å². The third-order valence-corrected chi connectivity index (χ3v) is 4.72. The van der Waals surface area contributed by atoms with Crippen molar-refractivity contribution in [2.45, 2.75) is 12.8 Å². The van der Waals surface area contributed by atoms with E-state index < -0.39 is 5.97 Å². The summed E-state index contributed by atoms with van der Waals surface area (Å²) in [5, 5.41) is 12.7. The summed E-state index contributed by atoms with van der Waals surface area (Å²) in [6.45, 7) is 0. The highest BCUT2D eigenvalue weighted by Gasteiger charge is 2.08. The lowest BCUT2D eigenvalue weighted by Gasteiger charge is -2.09. The van der Waals surface area contributed by atoms with Gasteiger partial charge in [0, 0.05) is 17.2 Å². The van der Waals surface area contributed by atoms with Crippen molar-refractivity contribution in [1.82, 2.24) is 4.98 Å². The third-order valence-electron chi connectivity index (χ3n) is 4.72. The van der Waals surface area contributed by atoms with Gasteiger partial charge in [-0.05, 0) is 52.9 Å². The maximum Gasteiger partial charge on any atom is 0.328 e. The van der Waals surface area contributed by atoms with Crippen molar-refractivity contribution in [3.63, 3.8) is 0 Å². The molecule has 3 nitrogen and oxygen atoms in total. The van der Waals surface area contributed by atoms with E-state index in [1.165, 1.54) is 6.08 Å². The van der Waals surface area contributed by atoms with Gasteiger partial charge in [0.25, 0.3) is 0 Å². The predicted octanol–water partition coefficient (Wildman–Crippen LogP) is 5.49. The zero-order chi connectivity index (χ0) is 18.6. The molecule has 0 amide bonds. The van der Waals surface area contributed by atoms with E-state index >= 15 is 0 Å². The van der Waals surface area contributed by atoms with Crippen LogP contribution >= 0.6 is 0 Å². The molecule has 3 aromatic carbocycles. The Kier molecular flexibility index (Phi) is 4.67. The van der Waals surface area contributed by atoms with Crippen molar-refractivity contribution in [1.29, 1.82) is 0 Å². The Morgan fingerprint density at radius 1 is 0.852 bits per heavy atom. The highest BCUT2D eigenvalue weighted by Crippen LogP contribution is 2.25. The number of carboxylic acid groups (broad SMARTS) is 1. The summed E-state index contributed by atoms with van der Waals surface area (Å²) in [4.78, 5) is 16.0. The first-order valence-electron chi connectivity index (χ1n) is 8.96. The lowest BCUT2D eigenvalue weighted by Crippen LogP contribution is -1.97. The van der Waals surface area contributed by atoms with Gasteiger partial charge in [0.1, 0.15) is 0 Å². The van der Waals surface area contributed by atoms with Gasteiger partial charge in [-0.15, -0.1) is 0 Å². The predicted molar refractivity (Wildman–Crippen MR) is 110 cm³/mol. The summed E-state index contributed by atoms with van der Waals surface area (Å²) >= 11 is 0. The van der Waals surface area contributed by atoms with Crippen LogP contribution in [0.3, 0.4) is 0 Å². The monoisotopic (exact) mass is 353 g/mol. The Balaban J connectivity index is 1.62. The molecule has 0 spiro atoms. The van der Waals surface area contributed by atoms with Crippen molar-refractivity contribution in [2.75, 3.05) is 0 Å². The number of fused-ring (bicyclic) bond motifs is 2. The second kappa shape index (κ2) is 7.42. The summed E-state index contributed by atoms with van der Waals surface area (Å²) in [5.41, 5.74) is 3.68. The van der Waals surface area contributed by atoms with Gasteiger partial charge >= 0.3 is 5.97 Å². The maximum absolute atomic E-state index is 11.3. The fraction of sp³-hybridized carbons (Fsp3) is 0.0833. The number of aryl methyl sites for hydroxylation is 1. The van der Waals surface area contributed by atoms with Gasteiger partial charge in [-0.2, -0.15) is 0 Å². The molecule has 0 fully saturated rings. The Hall–Kier alpha value is -3.46. The summed E-state index contributed by atoms with van der Waals surface area (Å²) in [5.74, 6) is -0.926. The Morgan fingerprint density at radius 3 is 2.37 bits per heavy atom. The molecule has 0 aliphatic heterocycles. The first kappa shape index (κ1) is 17.0. The molecule has 1 aromatic heterocycles. The average Bonchev–Trinajstić information content (AvgIpc) is 2.70. The fourth-order valence-corrected chi connectivity index (χ4v) is 3.35. The first-order valence-corrected chi connectivity index (χ1v) is 8.96. The van der Waals surface area contributed by atoms with Crippen molar-refractivity contribution in [3.8, 4) is 0 Å². The van der Waals surface area contributed by atoms with Crippen LogP contribution in [0.25, 0.3) is 27.2 Å². The highest BCUT2D eigenvalue weighted by molar-refractivity contribution is 5.93.